The fourth-order valence-corrected chi connectivity index (χ4v) is 2.48. The van der Waals surface area contributed by atoms with Crippen LogP contribution in [0.4, 0.5) is 0 Å². The van der Waals surface area contributed by atoms with E-state index in [1.54, 1.807) is 0 Å². The molecule has 1 atom stereocenters. The van der Waals surface area contributed by atoms with Crippen LogP contribution >= 0.6 is 0 Å². The molecule has 104 valence electrons. The zero-order valence-electron chi connectivity index (χ0n) is 12.7. The van der Waals surface area contributed by atoms with Gasteiger partial charge in [-0.05, 0) is 12.8 Å². The van der Waals surface area contributed by atoms with Gasteiger partial charge in [-0.1, -0.05) is 79.1 Å². The average Bonchev–Trinajstić information content (AvgIpc) is 2.27. The van der Waals surface area contributed by atoms with Gasteiger partial charge in [-0.25, -0.2) is 0 Å². The molecule has 0 spiro atoms. The molecule has 0 saturated heterocycles. The lowest BCUT2D eigenvalue weighted by atomic mass is 10.0. The zero-order chi connectivity index (χ0) is 12.9. The van der Waals surface area contributed by atoms with Crippen molar-refractivity contribution in [3.05, 3.63) is 0 Å². The molecule has 0 amide bonds. The van der Waals surface area contributed by atoms with Crippen LogP contribution in [-0.2, 0) is 0 Å². The smallest absolute Gasteiger partial charge is 0.00693 e. The summed E-state index contributed by atoms with van der Waals surface area (Å²) in [5, 5.41) is 3.69. The van der Waals surface area contributed by atoms with E-state index in [9.17, 15) is 0 Å². The van der Waals surface area contributed by atoms with E-state index >= 15 is 0 Å². The second kappa shape index (κ2) is 12.4. The Morgan fingerprint density at radius 3 is 1.82 bits per heavy atom. The van der Waals surface area contributed by atoms with Gasteiger partial charge in [0.15, 0.2) is 0 Å². The molecular formula is C16H35N. The minimum absolute atomic E-state index is 0.635. The Labute approximate surface area is 110 Å². The molecule has 1 nitrogen and oxygen atoms in total. The molecule has 0 aliphatic rings. The third-order valence-corrected chi connectivity index (χ3v) is 3.36. The molecule has 0 aromatic carbocycles. The molecule has 0 aliphatic carbocycles. The number of hydrogen-bond donors (Lipinski definition) is 1. The normalized spacial score (nSPS) is 13.2. The van der Waals surface area contributed by atoms with Crippen molar-refractivity contribution in [1.82, 2.24) is 5.32 Å². The summed E-state index contributed by atoms with van der Waals surface area (Å²) in [7, 11) is 0. The first-order valence-electron chi connectivity index (χ1n) is 7.96. The van der Waals surface area contributed by atoms with E-state index in [1.165, 1.54) is 64.2 Å². The van der Waals surface area contributed by atoms with Crippen molar-refractivity contribution in [3.8, 4) is 0 Å². The van der Waals surface area contributed by atoms with Crippen LogP contribution in [0, 0.1) is 0 Å². The maximum absolute atomic E-state index is 3.69. The van der Waals surface area contributed by atoms with Gasteiger partial charge in [0.1, 0.15) is 0 Å². The molecule has 1 unspecified atom stereocenters. The lowest BCUT2D eigenvalue weighted by Crippen LogP contribution is -2.34. The van der Waals surface area contributed by atoms with Gasteiger partial charge in [0.2, 0.25) is 0 Å². The van der Waals surface area contributed by atoms with E-state index in [0.717, 1.165) is 6.04 Å². The van der Waals surface area contributed by atoms with Crippen LogP contribution in [0.25, 0.3) is 0 Å². The number of nitrogens with one attached hydrogen (secondary N) is 1. The Hall–Kier alpha value is -0.0400. The van der Waals surface area contributed by atoms with Crippen LogP contribution < -0.4 is 5.32 Å². The fraction of sp³-hybridized carbons (Fsp3) is 1.00. The second-order valence-corrected chi connectivity index (χ2v) is 5.72. The quantitative estimate of drug-likeness (QED) is 0.458. The highest BCUT2D eigenvalue weighted by Crippen LogP contribution is 2.12. The van der Waals surface area contributed by atoms with Crippen LogP contribution in [0.1, 0.15) is 91.9 Å². The molecule has 17 heavy (non-hydrogen) atoms. The van der Waals surface area contributed by atoms with Gasteiger partial charge in [-0.2, -0.15) is 0 Å². The lowest BCUT2D eigenvalue weighted by Gasteiger charge is -2.20. The molecule has 0 saturated carbocycles. The number of hydrogen-bond acceptors (Lipinski definition) is 1. The Morgan fingerprint density at radius 2 is 1.29 bits per heavy atom. The van der Waals surface area contributed by atoms with Crippen LogP contribution in [0.3, 0.4) is 0 Å². The Balaban J connectivity index is 3.40. The molecule has 0 aromatic rings. The highest BCUT2D eigenvalue weighted by Gasteiger charge is 2.07. The highest BCUT2D eigenvalue weighted by molar-refractivity contribution is 4.68. The summed E-state index contributed by atoms with van der Waals surface area (Å²) in [5.74, 6) is 0. The number of unbranched alkanes of at least 4 members (excludes halogenated alkanes) is 6. The Bertz CT molecular complexity index is 142. The van der Waals surface area contributed by atoms with Crippen molar-refractivity contribution in [2.24, 2.45) is 0 Å². The molecule has 1 N–H and O–H groups in total. The zero-order valence-corrected chi connectivity index (χ0v) is 12.7. The molecule has 0 aromatic heterocycles. The molecule has 0 heterocycles. The third kappa shape index (κ3) is 12.2. The fourth-order valence-electron chi connectivity index (χ4n) is 2.48. The van der Waals surface area contributed by atoms with Crippen LogP contribution in [0.2, 0.25) is 0 Å². The van der Waals surface area contributed by atoms with E-state index in [4.69, 9.17) is 0 Å². The minimum Gasteiger partial charge on any atom is -0.312 e. The van der Waals surface area contributed by atoms with Gasteiger partial charge in [0.25, 0.3) is 0 Å². The topological polar surface area (TPSA) is 12.0 Å². The molecule has 0 bridgehead atoms. The molecular weight excluding hydrogens is 206 g/mol. The summed E-state index contributed by atoms with van der Waals surface area (Å²) in [6.07, 6.45) is 14.0. The first kappa shape index (κ1) is 17.0. The summed E-state index contributed by atoms with van der Waals surface area (Å²) in [6, 6.07) is 1.40. The molecule has 0 radical (unpaired) electrons. The third-order valence-electron chi connectivity index (χ3n) is 3.36. The second-order valence-electron chi connectivity index (χ2n) is 5.72. The van der Waals surface area contributed by atoms with Crippen LogP contribution in [0.15, 0.2) is 0 Å². The Morgan fingerprint density at radius 1 is 0.706 bits per heavy atom. The van der Waals surface area contributed by atoms with E-state index in [1.807, 2.05) is 0 Å². The van der Waals surface area contributed by atoms with Crippen LogP contribution in [-0.4, -0.2) is 12.1 Å². The van der Waals surface area contributed by atoms with Crippen molar-refractivity contribution >= 4 is 0 Å². The van der Waals surface area contributed by atoms with Crippen LogP contribution in [0.5, 0.6) is 0 Å². The molecule has 0 aliphatic heterocycles. The van der Waals surface area contributed by atoms with Gasteiger partial charge in [0.05, 0.1) is 0 Å². The van der Waals surface area contributed by atoms with E-state index < -0.39 is 0 Å². The summed E-state index contributed by atoms with van der Waals surface area (Å²) in [4.78, 5) is 0. The van der Waals surface area contributed by atoms with E-state index in [-0.39, 0.29) is 0 Å². The van der Waals surface area contributed by atoms with Gasteiger partial charge in [0, 0.05) is 12.1 Å². The first-order valence-corrected chi connectivity index (χ1v) is 7.96. The Kier molecular flexibility index (Phi) is 12.4. The number of rotatable bonds is 12. The predicted octanol–water partition coefficient (Wildman–Crippen LogP) is 5.29. The van der Waals surface area contributed by atoms with E-state index in [0.29, 0.717) is 6.04 Å². The molecule has 1 heteroatoms. The summed E-state index contributed by atoms with van der Waals surface area (Å²) in [5.41, 5.74) is 0. The summed E-state index contributed by atoms with van der Waals surface area (Å²) >= 11 is 0. The summed E-state index contributed by atoms with van der Waals surface area (Å²) < 4.78 is 0. The van der Waals surface area contributed by atoms with Gasteiger partial charge in [-0.3, -0.25) is 0 Å². The van der Waals surface area contributed by atoms with Gasteiger partial charge in [-0.15, -0.1) is 0 Å². The van der Waals surface area contributed by atoms with Crippen molar-refractivity contribution in [3.63, 3.8) is 0 Å². The van der Waals surface area contributed by atoms with Gasteiger partial charge < -0.3 is 5.32 Å². The van der Waals surface area contributed by atoms with Crippen molar-refractivity contribution in [1.29, 1.82) is 0 Å². The van der Waals surface area contributed by atoms with Crippen molar-refractivity contribution in [2.45, 2.75) is 104 Å². The SMILES string of the molecule is CCCCCCCCCC(CCC)NC(C)C. The first-order chi connectivity index (χ1) is 8.20. The standard InChI is InChI=1S/C16H35N/c1-5-7-8-9-10-11-12-14-16(13-6-2)17-15(3)4/h15-17H,5-14H2,1-4H3. The lowest BCUT2D eigenvalue weighted by molar-refractivity contribution is 0.397. The molecule has 0 rings (SSSR count). The van der Waals surface area contributed by atoms with E-state index in [2.05, 4.69) is 33.0 Å². The largest absolute Gasteiger partial charge is 0.312 e. The van der Waals surface area contributed by atoms with Crippen molar-refractivity contribution < 1.29 is 0 Å². The minimum atomic E-state index is 0.635. The van der Waals surface area contributed by atoms with Crippen molar-refractivity contribution in [2.75, 3.05) is 0 Å². The maximum atomic E-state index is 3.69. The highest BCUT2D eigenvalue weighted by atomic mass is 14.9. The maximum Gasteiger partial charge on any atom is 0.00693 e. The molecule has 0 fully saturated rings. The average molecular weight is 241 g/mol. The monoisotopic (exact) mass is 241 g/mol. The van der Waals surface area contributed by atoms with Gasteiger partial charge >= 0.3 is 0 Å². The summed E-state index contributed by atoms with van der Waals surface area (Å²) in [6.45, 7) is 9.09. The predicted molar refractivity (Wildman–Crippen MR) is 79.6 cm³/mol.